The summed E-state index contributed by atoms with van der Waals surface area (Å²) in [5, 5.41) is 0. The molecule has 0 aliphatic rings. The highest BCUT2D eigenvalue weighted by Gasteiger charge is 2.05. The van der Waals surface area contributed by atoms with E-state index in [1.165, 1.54) is 5.56 Å². The van der Waals surface area contributed by atoms with Crippen molar-refractivity contribution >= 4 is 5.78 Å². The number of rotatable bonds is 5. The van der Waals surface area contributed by atoms with Gasteiger partial charge in [-0.05, 0) is 18.1 Å². The zero-order valence-electron chi connectivity index (χ0n) is 10.4. The minimum Gasteiger partial charge on any atom is -0.369 e. The molecule has 0 unspecified atom stereocenters. The van der Waals surface area contributed by atoms with E-state index in [2.05, 4.69) is 0 Å². The average molecular weight is 240 g/mol. The highest BCUT2D eigenvalue weighted by Crippen LogP contribution is 2.08. The molecule has 2 nitrogen and oxygen atoms in total. The molecule has 0 atom stereocenters. The Balaban J connectivity index is 1.86. The molecular formula is C16H16O2. The van der Waals surface area contributed by atoms with E-state index in [1.54, 1.807) is 12.1 Å². The van der Waals surface area contributed by atoms with Crippen LogP contribution in [0.4, 0.5) is 0 Å². The summed E-state index contributed by atoms with van der Waals surface area (Å²) in [5.74, 6) is 0.0178. The molecule has 0 aliphatic heterocycles. The molecule has 0 bridgehead atoms. The molecule has 0 saturated heterocycles. The first-order chi connectivity index (χ1) is 8.77. The van der Waals surface area contributed by atoms with Crippen LogP contribution in [0.3, 0.4) is 0 Å². The van der Waals surface area contributed by atoms with E-state index >= 15 is 0 Å². The summed E-state index contributed by atoms with van der Waals surface area (Å²) in [5.41, 5.74) is 3.00. The predicted molar refractivity (Wildman–Crippen MR) is 71.6 cm³/mol. The predicted octanol–water partition coefficient (Wildman–Crippen LogP) is 3.39. The lowest BCUT2D eigenvalue weighted by Gasteiger charge is -2.06. The van der Waals surface area contributed by atoms with Crippen molar-refractivity contribution in [1.82, 2.24) is 0 Å². The van der Waals surface area contributed by atoms with Gasteiger partial charge in [0.1, 0.15) is 6.61 Å². The van der Waals surface area contributed by atoms with Crippen molar-refractivity contribution in [3.8, 4) is 0 Å². The second-order valence-corrected chi connectivity index (χ2v) is 4.21. The molecule has 0 saturated carbocycles. The molecule has 0 amide bonds. The summed E-state index contributed by atoms with van der Waals surface area (Å²) in [6, 6.07) is 17.2. The maximum Gasteiger partial charge on any atom is 0.188 e. The number of hydrogen-bond acceptors (Lipinski definition) is 2. The van der Waals surface area contributed by atoms with Gasteiger partial charge in [0.15, 0.2) is 5.78 Å². The molecule has 2 aromatic carbocycles. The Morgan fingerprint density at radius 1 is 1.00 bits per heavy atom. The van der Waals surface area contributed by atoms with Crippen molar-refractivity contribution in [3.05, 3.63) is 71.3 Å². The maximum absolute atomic E-state index is 11.8. The van der Waals surface area contributed by atoms with Crippen LogP contribution in [0.15, 0.2) is 54.6 Å². The van der Waals surface area contributed by atoms with Crippen molar-refractivity contribution in [2.75, 3.05) is 6.61 Å². The number of aryl methyl sites for hydroxylation is 1. The van der Waals surface area contributed by atoms with E-state index < -0.39 is 0 Å². The zero-order chi connectivity index (χ0) is 12.8. The summed E-state index contributed by atoms with van der Waals surface area (Å²) < 4.78 is 5.47. The third-order valence-electron chi connectivity index (χ3n) is 2.85. The standard InChI is InChI=1S/C16H16O2/c1-13-7-5-6-10-15(13)11-18-12-16(17)14-8-3-2-4-9-14/h2-10H,11-12H2,1H3. The maximum atomic E-state index is 11.8. The fraction of sp³-hybridized carbons (Fsp3) is 0.188. The number of carbonyl (C=O) groups excluding carboxylic acids is 1. The van der Waals surface area contributed by atoms with Crippen molar-refractivity contribution in [2.24, 2.45) is 0 Å². The van der Waals surface area contributed by atoms with E-state index in [4.69, 9.17) is 4.74 Å². The molecule has 2 heteroatoms. The van der Waals surface area contributed by atoms with Gasteiger partial charge in [-0.1, -0.05) is 54.6 Å². The third kappa shape index (κ3) is 3.28. The molecule has 0 heterocycles. The Hall–Kier alpha value is -1.93. The lowest BCUT2D eigenvalue weighted by Crippen LogP contribution is -2.09. The van der Waals surface area contributed by atoms with Crippen LogP contribution < -0.4 is 0 Å². The van der Waals surface area contributed by atoms with Crippen LogP contribution in [0.2, 0.25) is 0 Å². The highest BCUT2D eigenvalue weighted by atomic mass is 16.5. The lowest BCUT2D eigenvalue weighted by molar-refractivity contribution is 0.0725. The fourth-order valence-electron chi connectivity index (χ4n) is 1.73. The Labute approximate surface area is 107 Å². The van der Waals surface area contributed by atoms with Gasteiger partial charge in [-0.25, -0.2) is 0 Å². The van der Waals surface area contributed by atoms with Crippen LogP contribution in [0.25, 0.3) is 0 Å². The van der Waals surface area contributed by atoms with Gasteiger partial charge in [0.05, 0.1) is 6.61 Å². The second kappa shape index (κ2) is 6.12. The van der Waals surface area contributed by atoms with Gasteiger partial charge in [0, 0.05) is 5.56 Å². The first-order valence-corrected chi connectivity index (χ1v) is 5.98. The van der Waals surface area contributed by atoms with Crippen LogP contribution in [0.5, 0.6) is 0 Å². The Kier molecular flexibility index (Phi) is 4.26. The Morgan fingerprint density at radius 2 is 1.67 bits per heavy atom. The van der Waals surface area contributed by atoms with Gasteiger partial charge in [-0.2, -0.15) is 0 Å². The van der Waals surface area contributed by atoms with E-state index in [0.29, 0.717) is 12.2 Å². The number of ether oxygens (including phenoxy) is 1. The van der Waals surface area contributed by atoms with Crippen LogP contribution in [-0.2, 0) is 11.3 Å². The quantitative estimate of drug-likeness (QED) is 0.749. The number of ketones is 1. The SMILES string of the molecule is Cc1ccccc1COCC(=O)c1ccccc1. The summed E-state index contributed by atoms with van der Waals surface area (Å²) in [6.07, 6.45) is 0. The highest BCUT2D eigenvalue weighted by molar-refractivity contribution is 5.96. The van der Waals surface area contributed by atoms with Crippen molar-refractivity contribution in [3.63, 3.8) is 0 Å². The molecule has 2 aromatic rings. The van der Waals surface area contributed by atoms with Gasteiger partial charge in [0.25, 0.3) is 0 Å². The molecule has 0 aliphatic carbocycles. The minimum absolute atomic E-state index is 0.0178. The number of carbonyl (C=O) groups is 1. The van der Waals surface area contributed by atoms with E-state index in [9.17, 15) is 4.79 Å². The van der Waals surface area contributed by atoms with Crippen LogP contribution in [0, 0.1) is 6.92 Å². The zero-order valence-corrected chi connectivity index (χ0v) is 10.4. The molecule has 0 radical (unpaired) electrons. The van der Waals surface area contributed by atoms with Gasteiger partial charge >= 0.3 is 0 Å². The van der Waals surface area contributed by atoms with Gasteiger partial charge in [-0.15, -0.1) is 0 Å². The lowest BCUT2D eigenvalue weighted by atomic mass is 10.1. The summed E-state index contributed by atoms with van der Waals surface area (Å²) in [6.45, 7) is 2.64. The molecule has 18 heavy (non-hydrogen) atoms. The Bertz CT molecular complexity index is 518. The molecule has 92 valence electrons. The van der Waals surface area contributed by atoms with Gasteiger partial charge in [0.2, 0.25) is 0 Å². The van der Waals surface area contributed by atoms with E-state index in [-0.39, 0.29) is 12.4 Å². The normalized spacial score (nSPS) is 10.3. The average Bonchev–Trinajstić information content (AvgIpc) is 2.42. The molecule has 0 N–H and O–H groups in total. The summed E-state index contributed by atoms with van der Waals surface area (Å²) >= 11 is 0. The number of benzene rings is 2. The fourth-order valence-corrected chi connectivity index (χ4v) is 1.73. The topological polar surface area (TPSA) is 26.3 Å². The molecule has 0 spiro atoms. The first-order valence-electron chi connectivity index (χ1n) is 5.98. The third-order valence-corrected chi connectivity index (χ3v) is 2.85. The van der Waals surface area contributed by atoms with E-state index in [0.717, 1.165) is 5.56 Å². The number of Topliss-reactive ketones (excluding diaryl/α,β-unsaturated/α-hetero) is 1. The van der Waals surface area contributed by atoms with E-state index in [1.807, 2.05) is 49.4 Å². The summed E-state index contributed by atoms with van der Waals surface area (Å²) in [7, 11) is 0. The van der Waals surface area contributed by atoms with Crippen LogP contribution in [0.1, 0.15) is 21.5 Å². The number of hydrogen-bond donors (Lipinski definition) is 0. The van der Waals surface area contributed by atoms with Gasteiger partial charge < -0.3 is 4.74 Å². The monoisotopic (exact) mass is 240 g/mol. The van der Waals surface area contributed by atoms with Crippen LogP contribution >= 0.6 is 0 Å². The van der Waals surface area contributed by atoms with Crippen molar-refractivity contribution in [2.45, 2.75) is 13.5 Å². The van der Waals surface area contributed by atoms with Crippen molar-refractivity contribution < 1.29 is 9.53 Å². The second-order valence-electron chi connectivity index (χ2n) is 4.21. The molecular weight excluding hydrogens is 224 g/mol. The first kappa shape index (κ1) is 12.5. The molecule has 2 rings (SSSR count). The Morgan fingerprint density at radius 3 is 2.39 bits per heavy atom. The summed E-state index contributed by atoms with van der Waals surface area (Å²) in [4.78, 5) is 11.8. The van der Waals surface area contributed by atoms with Crippen molar-refractivity contribution in [1.29, 1.82) is 0 Å². The smallest absolute Gasteiger partial charge is 0.188 e. The largest absolute Gasteiger partial charge is 0.369 e. The minimum atomic E-state index is 0.0178. The molecule has 0 aromatic heterocycles. The van der Waals surface area contributed by atoms with Crippen LogP contribution in [-0.4, -0.2) is 12.4 Å². The van der Waals surface area contributed by atoms with Gasteiger partial charge in [-0.3, -0.25) is 4.79 Å². The molecule has 0 fully saturated rings.